The Hall–Kier alpha value is -3.04. The minimum atomic E-state index is -0.305. The molecule has 0 saturated heterocycles. The fourth-order valence-corrected chi connectivity index (χ4v) is 3.75. The second-order valence-corrected chi connectivity index (χ2v) is 7.91. The second kappa shape index (κ2) is 8.54. The van der Waals surface area contributed by atoms with Gasteiger partial charge in [0, 0.05) is 16.5 Å². The third-order valence-corrected chi connectivity index (χ3v) is 5.50. The number of benzene rings is 2. The quantitative estimate of drug-likeness (QED) is 0.435. The van der Waals surface area contributed by atoms with Crippen LogP contribution in [0.25, 0.3) is 22.7 Å². The summed E-state index contributed by atoms with van der Waals surface area (Å²) in [5, 5.41) is 13.3. The van der Waals surface area contributed by atoms with E-state index in [1.165, 1.54) is 23.5 Å². The lowest BCUT2D eigenvalue weighted by atomic mass is 10.1. The monoisotopic (exact) mass is 426 g/mol. The number of amides is 1. The number of rotatable bonds is 6. The first-order chi connectivity index (χ1) is 14.1. The van der Waals surface area contributed by atoms with Gasteiger partial charge in [-0.05, 0) is 43.3 Å². The highest BCUT2D eigenvalue weighted by molar-refractivity contribution is 7.99. The van der Waals surface area contributed by atoms with E-state index in [1.54, 1.807) is 12.1 Å². The minimum absolute atomic E-state index is 0.112. The van der Waals surface area contributed by atoms with Gasteiger partial charge in [-0.15, -0.1) is 21.5 Å². The van der Waals surface area contributed by atoms with Gasteiger partial charge in [-0.2, -0.15) is 0 Å². The summed E-state index contributed by atoms with van der Waals surface area (Å²) < 4.78 is 18.6. The highest BCUT2D eigenvalue weighted by Crippen LogP contribution is 2.26. The van der Waals surface area contributed by atoms with E-state index in [0.717, 1.165) is 28.5 Å². The summed E-state index contributed by atoms with van der Waals surface area (Å²) in [5.74, 6) is -0.0102. The molecule has 1 amide bonds. The Kier molecular flexibility index (Phi) is 5.68. The van der Waals surface area contributed by atoms with Crippen molar-refractivity contribution in [2.45, 2.75) is 12.1 Å². The number of thiazole rings is 1. The molecule has 0 saturated carbocycles. The van der Waals surface area contributed by atoms with Crippen LogP contribution >= 0.6 is 23.1 Å². The number of aryl methyl sites for hydroxylation is 1. The van der Waals surface area contributed by atoms with Gasteiger partial charge in [0.05, 0.1) is 11.4 Å². The van der Waals surface area contributed by atoms with E-state index in [9.17, 15) is 9.18 Å². The molecule has 4 rings (SSSR count). The van der Waals surface area contributed by atoms with Crippen molar-refractivity contribution in [2.75, 3.05) is 11.1 Å². The molecule has 0 unspecified atom stereocenters. The molecule has 6 nitrogen and oxygen atoms in total. The van der Waals surface area contributed by atoms with E-state index in [4.69, 9.17) is 4.42 Å². The molecule has 9 heteroatoms. The van der Waals surface area contributed by atoms with E-state index in [-0.39, 0.29) is 17.5 Å². The van der Waals surface area contributed by atoms with Crippen molar-refractivity contribution >= 4 is 34.1 Å². The summed E-state index contributed by atoms with van der Waals surface area (Å²) in [7, 11) is 0. The maximum absolute atomic E-state index is 13.0. The molecule has 0 aliphatic rings. The molecule has 0 bridgehead atoms. The van der Waals surface area contributed by atoms with Crippen molar-refractivity contribution in [1.29, 1.82) is 0 Å². The molecule has 2 heterocycles. The Labute approximate surface area is 174 Å². The molecule has 2 aromatic heterocycles. The van der Waals surface area contributed by atoms with Crippen LogP contribution in [0.4, 0.5) is 9.52 Å². The smallest absolute Gasteiger partial charge is 0.277 e. The first kappa shape index (κ1) is 19.3. The fraction of sp³-hybridized carbons (Fsp3) is 0.100. The van der Waals surface area contributed by atoms with Gasteiger partial charge in [0.25, 0.3) is 5.22 Å². The number of hydrogen-bond donors (Lipinski definition) is 1. The molecule has 0 aliphatic carbocycles. The van der Waals surface area contributed by atoms with E-state index in [1.807, 2.05) is 36.6 Å². The van der Waals surface area contributed by atoms with Crippen LogP contribution in [0.5, 0.6) is 0 Å². The van der Waals surface area contributed by atoms with Crippen LogP contribution in [0.1, 0.15) is 5.56 Å². The molecule has 4 aromatic rings. The summed E-state index contributed by atoms with van der Waals surface area (Å²) in [5.41, 5.74) is 3.43. The van der Waals surface area contributed by atoms with Gasteiger partial charge < -0.3 is 9.73 Å². The van der Waals surface area contributed by atoms with Crippen molar-refractivity contribution < 1.29 is 13.6 Å². The van der Waals surface area contributed by atoms with Gasteiger partial charge in [0.1, 0.15) is 5.82 Å². The van der Waals surface area contributed by atoms with Gasteiger partial charge >= 0.3 is 0 Å². The molecule has 0 atom stereocenters. The molecule has 0 spiro atoms. The average molecular weight is 426 g/mol. The lowest BCUT2D eigenvalue weighted by Crippen LogP contribution is -2.13. The molecular weight excluding hydrogens is 411 g/mol. The Morgan fingerprint density at radius 2 is 1.83 bits per heavy atom. The maximum Gasteiger partial charge on any atom is 0.277 e. The Bertz CT molecular complexity index is 1120. The molecule has 0 fully saturated rings. The van der Waals surface area contributed by atoms with Gasteiger partial charge in [0.15, 0.2) is 5.13 Å². The largest absolute Gasteiger partial charge is 0.411 e. The number of halogens is 1. The second-order valence-electron chi connectivity index (χ2n) is 6.12. The number of carbonyl (C=O) groups is 1. The molecule has 2 aromatic carbocycles. The van der Waals surface area contributed by atoms with Gasteiger partial charge in [-0.1, -0.05) is 29.5 Å². The summed E-state index contributed by atoms with van der Waals surface area (Å²) >= 11 is 2.46. The average Bonchev–Trinajstić information content (AvgIpc) is 3.37. The minimum Gasteiger partial charge on any atom is -0.411 e. The predicted molar refractivity (Wildman–Crippen MR) is 111 cm³/mol. The zero-order chi connectivity index (χ0) is 20.2. The van der Waals surface area contributed by atoms with E-state index < -0.39 is 0 Å². The van der Waals surface area contributed by atoms with Crippen molar-refractivity contribution in [1.82, 2.24) is 15.2 Å². The standard InChI is InChI=1S/C20H15FN4O2S2/c1-12-2-4-14(5-3-12)18-24-25-20(27-18)29-11-17(26)23-19-22-16(10-28-19)13-6-8-15(21)9-7-13/h2-10H,11H2,1H3,(H,22,23,26). The molecular formula is C20H15FN4O2S2. The highest BCUT2D eigenvalue weighted by Gasteiger charge is 2.13. The molecule has 0 aliphatic heterocycles. The van der Waals surface area contributed by atoms with Gasteiger partial charge in [-0.3, -0.25) is 4.79 Å². The number of anilines is 1. The molecule has 29 heavy (non-hydrogen) atoms. The number of nitrogens with one attached hydrogen (secondary N) is 1. The van der Waals surface area contributed by atoms with Crippen LogP contribution in [0, 0.1) is 12.7 Å². The van der Waals surface area contributed by atoms with E-state index in [0.29, 0.717) is 21.9 Å². The first-order valence-corrected chi connectivity index (χ1v) is 10.5. The van der Waals surface area contributed by atoms with E-state index in [2.05, 4.69) is 20.5 Å². The number of hydrogen-bond acceptors (Lipinski definition) is 7. The fourth-order valence-electron chi connectivity index (χ4n) is 2.45. The van der Waals surface area contributed by atoms with E-state index >= 15 is 0 Å². The van der Waals surface area contributed by atoms with Crippen LogP contribution in [-0.2, 0) is 4.79 Å². The first-order valence-electron chi connectivity index (χ1n) is 8.61. The van der Waals surface area contributed by atoms with Crippen molar-refractivity contribution in [3.63, 3.8) is 0 Å². The lowest BCUT2D eigenvalue weighted by molar-refractivity contribution is -0.113. The summed E-state index contributed by atoms with van der Waals surface area (Å²) in [4.78, 5) is 16.5. The summed E-state index contributed by atoms with van der Waals surface area (Å²) in [6, 6.07) is 13.8. The molecule has 1 N–H and O–H groups in total. The Balaban J connectivity index is 1.33. The Morgan fingerprint density at radius 1 is 1.10 bits per heavy atom. The lowest BCUT2D eigenvalue weighted by Gasteiger charge is -1.99. The number of thioether (sulfide) groups is 1. The SMILES string of the molecule is Cc1ccc(-c2nnc(SCC(=O)Nc3nc(-c4ccc(F)cc4)cs3)o2)cc1. The van der Waals surface area contributed by atoms with Crippen LogP contribution < -0.4 is 5.32 Å². The van der Waals surface area contributed by atoms with Crippen LogP contribution in [0.3, 0.4) is 0 Å². The van der Waals surface area contributed by atoms with Crippen LogP contribution in [0.2, 0.25) is 0 Å². The summed E-state index contributed by atoms with van der Waals surface area (Å²) in [6.45, 7) is 2.00. The van der Waals surface area contributed by atoms with Crippen molar-refractivity contribution in [2.24, 2.45) is 0 Å². The normalized spacial score (nSPS) is 10.8. The summed E-state index contributed by atoms with van der Waals surface area (Å²) in [6.07, 6.45) is 0. The van der Waals surface area contributed by atoms with Gasteiger partial charge in [-0.25, -0.2) is 9.37 Å². The predicted octanol–water partition coefficient (Wildman–Crippen LogP) is 5.04. The van der Waals surface area contributed by atoms with Crippen LogP contribution in [-0.4, -0.2) is 26.8 Å². The third-order valence-electron chi connectivity index (χ3n) is 3.92. The van der Waals surface area contributed by atoms with Crippen molar-refractivity contribution in [3.8, 4) is 22.7 Å². The topological polar surface area (TPSA) is 80.9 Å². The number of aromatic nitrogens is 3. The van der Waals surface area contributed by atoms with Gasteiger partial charge in [0.2, 0.25) is 11.8 Å². The number of carbonyl (C=O) groups excluding carboxylic acids is 1. The zero-order valence-electron chi connectivity index (χ0n) is 15.3. The maximum atomic E-state index is 13.0. The van der Waals surface area contributed by atoms with Crippen LogP contribution in [0.15, 0.2) is 63.6 Å². The zero-order valence-corrected chi connectivity index (χ0v) is 16.9. The molecule has 0 radical (unpaired) electrons. The van der Waals surface area contributed by atoms with Crippen molar-refractivity contribution in [3.05, 3.63) is 65.3 Å². The highest BCUT2D eigenvalue weighted by atomic mass is 32.2. The third kappa shape index (κ3) is 4.87. The molecule has 146 valence electrons. The number of nitrogens with zero attached hydrogens (tertiary/aromatic N) is 3. The Morgan fingerprint density at radius 3 is 2.59 bits per heavy atom.